The largest absolute Gasteiger partial charge is 0.478 e. The molecule has 1 atom stereocenters. The number of alkyl halides is 1. The molecular formula is C10H11BrClN3O2. The minimum atomic E-state index is 0.0318. The Balaban J connectivity index is 2.31. The maximum Gasteiger partial charge on any atom is 0.259 e. The number of nitrogens with zero attached hydrogens (tertiary/aromatic N) is 3. The van der Waals surface area contributed by atoms with Crippen LogP contribution in [-0.4, -0.2) is 34.9 Å². The predicted octanol–water partition coefficient (Wildman–Crippen LogP) is 1.89. The quantitative estimate of drug-likeness (QED) is 0.798. The maximum absolute atomic E-state index is 11.8. The van der Waals surface area contributed by atoms with Gasteiger partial charge in [-0.2, -0.15) is 4.98 Å². The molecule has 0 aliphatic carbocycles. The monoisotopic (exact) mass is 319 g/mol. The standard InChI is InChI=1S/C10H11BrClN3O2/c1-17-10-9(13-4-7(12)14-10)15-5-6(3-11)2-8(15)16/h4,6H,2-3,5H2,1H3. The first kappa shape index (κ1) is 12.6. The van der Waals surface area contributed by atoms with E-state index < -0.39 is 0 Å². The third-order valence-corrected chi connectivity index (χ3v) is 3.66. The highest BCUT2D eigenvalue weighted by Crippen LogP contribution is 2.30. The van der Waals surface area contributed by atoms with E-state index in [0.29, 0.717) is 24.7 Å². The fourth-order valence-electron chi connectivity index (χ4n) is 1.76. The van der Waals surface area contributed by atoms with E-state index in [0.717, 1.165) is 5.33 Å². The summed E-state index contributed by atoms with van der Waals surface area (Å²) in [7, 11) is 1.48. The van der Waals surface area contributed by atoms with Gasteiger partial charge in [-0.15, -0.1) is 0 Å². The molecule has 0 saturated carbocycles. The summed E-state index contributed by atoms with van der Waals surface area (Å²) in [6.07, 6.45) is 1.92. The molecule has 0 N–H and O–H groups in total. The summed E-state index contributed by atoms with van der Waals surface area (Å²) in [6.45, 7) is 0.622. The van der Waals surface area contributed by atoms with Gasteiger partial charge < -0.3 is 4.74 Å². The molecule has 1 unspecified atom stereocenters. The van der Waals surface area contributed by atoms with Gasteiger partial charge in [-0.1, -0.05) is 27.5 Å². The number of carbonyl (C=O) groups is 1. The number of aromatic nitrogens is 2. The van der Waals surface area contributed by atoms with Gasteiger partial charge in [0.25, 0.3) is 5.88 Å². The molecule has 92 valence electrons. The topological polar surface area (TPSA) is 55.3 Å². The van der Waals surface area contributed by atoms with Crippen LogP contribution in [0.2, 0.25) is 5.15 Å². The number of amides is 1. The molecule has 1 aliphatic heterocycles. The van der Waals surface area contributed by atoms with E-state index in [1.54, 1.807) is 4.90 Å². The fraction of sp³-hybridized carbons (Fsp3) is 0.500. The van der Waals surface area contributed by atoms with Gasteiger partial charge in [-0.25, -0.2) is 4.98 Å². The fourth-order valence-corrected chi connectivity index (χ4v) is 2.32. The summed E-state index contributed by atoms with van der Waals surface area (Å²) in [5.41, 5.74) is 0. The molecule has 1 amide bonds. The van der Waals surface area contributed by atoms with E-state index in [-0.39, 0.29) is 16.9 Å². The normalized spacial score (nSPS) is 19.8. The van der Waals surface area contributed by atoms with Crippen molar-refractivity contribution in [2.45, 2.75) is 6.42 Å². The second kappa shape index (κ2) is 5.18. The molecule has 5 nitrogen and oxygen atoms in total. The Morgan fingerprint density at radius 1 is 1.71 bits per heavy atom. The number of hydrogen-bond acceptors (Lipinski definition) is 4. The molecule has 0 aromatic carbocycles. The minimum Gasteiger partial charge on any atom is -0.478 e. The maximum atomic E-state index is 11.8. The zero-order valence-corrected chi connectivity index (χ0v) is 11.5. The summed E-state index contributed by atoms with van der Waals surface area (Å²) in [6, 6.07) is 0. The van der Waals surface area contributed by atoms with Crippen LogP contribution in [-0.2, 0) is 4.79 Å². The molecule has 2 heterocycles. The Hall–Kier alpha value is -0.880. The second-order valence-electron chi connectivity index (χ2n) is 3.75. The van der Waals surface area contributed by atoms with Gasteiger partial charge in [-0.05, 0) is 5.92 Å². The lowest BCUT2D eigenvalue weighted by atomic mass is 10.2. The van der Waals surface area contributed by atoms with Crippen LogP contribution in [0.15, 0.2) is 6.20 Å². The number of rotatable bonds is 3. The van der Waals surface area contributed by atoms with Crippen molar-refractivity contribution in [3.63, 3.8) is 0 Å². The zero-order valence-electron chi connectivity index (χ0n) is 9.19. The van der Waals surface area contributed by atoms with Gasteiger partial charge in [-0.3, -0.25) is 9.69 Å². The molecule has 0 bridgehead atoms. The van der Waals surface area contributed by atoms with Crippen molar-refractivity contribution in [2.24, 2.45) is 5.92 Å². The van der Waals surface area contributed by atoms with Crippen LogP contribution in [0, 0.1) is 5.92 Å². The third-order valence-electron chi connectivity index (χ3n) is 2.57. The molecule has 1 fully saturated rings. The molecule has 1 aromatic heterocycles. The summed E-state index contributed by atoms with van der Waals surface area (Å²) >= 11 is 9.11. The highest BCUT2D eigenvalue weighted by atomic mass is 79.9. The number of ether oxygens (including phenoxy) is 1. The Morgan fingerprint density at radius 3 is 3.06 bits per heavy atom. The van der Waals surface area contributed by atoms with Gasteiger partial charge in [0, 0.05) is 18.3 Å². The number of hydrogen-bond donors (Lipinski definition) is 0. The van der Waals surface area contributed by atoms with Gasteiger partial charge in [0.15, 0.2) is 11.0 Å². The Labute approximate surface area is 112 Å². The molecule has 2 rings (SSSR count). The van der Waals surface area contributed by atoms with Crippen LogP contribution < -0.4 is 9.64 Å². The summed E-state index contributed by atoms with van der Waals surface area (Å²) in [4.78, 5) is 21.6. The van der Waals surface area contributed by atoms with Gasteiger partial charge in [0.2, 0.25) is 5.91 Å². The Morgan fingerprint density at radius 2 is 2.47 bits per heavy atom. The van der Waals surface area contributed by atoms with Crippen LogP contribution in [0.3, 0.4) is 0 Å². The Bertz CT molecular complexity index is 444. The van der Waals surface area contributed by atoms with E-state index in [9.17, 15) is 4.79 Å². The highest BCUT2D eigenvalue weighted by molar-refractivity contribution is 9.09. The van der Waals surface area contributed by atoms with Gasteiger partial charge in [0.1, 0.15) is 0 Å². The lowest BCUT2D eigenvalue weighted by Gasteiger charge is -2.17. The molecule has 1 saturated heterocycles. The number of halogens is 2. The molecule has 7 heteroatoms. The molecule has 0 spiro atoms. The summed E-state index contributed by atoms with van der Waals surface area (Å²) in [5.74, 6) is 1.04. The number of anilines is 1. The lowest BCUT2D eigenvalue weighted by Crippen LogP contribution is -2.26. The van der Waals surface area contributed by atoms with Crippen LogP contribution in [0.1, 0.15) is 6.42 Å². The SMILES string of the molecule is COc1nc(Cl)cnc1N1CC(CBr)CC1=O. The minimum absolute atomic E-state index is 0.0318. The predicted molar refractivity (Wildman–Crippen MR) is 67.8 cm³/mol. The van der Waals surface area contributed by atoms with Crippen molar-refractivity contribution < 1.29 is 9.53 Å². The van der Waals surface area contributed by atoms with E-state index in [4.69, 9.17) is 16.3 Å². The van der Waals surface area contributed by atoms with E-state index in [2.05, 4.69) is 25.9 Å². The van der Waals surface area contributed by atoms with Crippen LogP contribution >= 0.6 is 27.5 Å². The lowest BCUT2D eigenvalue weighted by molar-refractivity contribution is -0.117. The summed E-state index contributed by atoms with van der Waals surface area (Å²) < 4.78 is 5.09. The zero-order chi connectivity index (χ0) is 12.4. The van der Waals surface area contributed by atoms with Crippen molar-refractivity contribution in [1.82, 2.24) is 9.97 Å². The first-order valence-corrected chi connectivity index (χ1v) is 6.58. The molecule has 0 radical (unpaired) electrons. The van der Waals surface area contributed by atoms with Crippen LogP contribution in [0.25, 0.3) is 0 Å². The number of carbonyl (C=O) groups excluding carboxylic acids is 1. The van der Waals surface area contributed by atoms with Crippen molar-refractivity contribution in [1.29, 1.82) is 0 Å². The van der Waals surface area contributed by atoms with Gasteiger partial charge >= 0.3 is 0 Å². The van der Waals surface area contributed by atoms with Crippen molar-refractivity contribution in [3.8, 4) is 5.88 Å². The highest BCUT2D eigenvalue weighted by Gasteiger charge is 2.32. The van der Waals surface area contributed by atoms with Crippen molar-refractivity contribution >= 4 is 39.3 Å². The second-order valence-corrected chi connectivity index (χ2v) is 4.79. The van der Waals surface area contributed by atoms with Crippen molar-refractivity contribution in [2.75, 3.05) is 23.9 Å². The molecule has 17 heavy (non-hydrogen) atoms. The molecular weight excluding hydrogens is 309 g/mol. The number of methoxy groups -OCH3 is 1. The first-order chi connectivity index (χ1) is 8.15. The van der Waals surface area contributed by atoms with E-state index >= 15 is 0 Å². The van der Waals surface area contributed by atoms with Crippen molar-refractivity contribution in [3.05, 3.63) is 11.3 Å². The summed E-state index contributed by atoms with van der Waals surface area (Å²) in [5, 5.41) is 1.03. The third kappa shape index (κ3) is 2.52. The Kier molecular flexibility index (Phi) is 3.83. The molecule has 1 aromatic rings. The average Bonchev–Trinajstić information content (AvgIpc) is 2.70. The smallest absolute Gasteiger partial charge is 0.259 e. The first-order valence-electron chi connectivity index (χ1n) is 5.08. The average molecular weight is 321 g/mol. The van der Waals surface area contributed by atoms with Gasteiger partial charge in [0.05, 0.1) is 13.3 Å². The van der Waals surface area contributed by atoms with E-state index in [1.165, 1.54) is 13.3 Å². The molecule has 1 aliphatic rings. The van der Waals surface area contributed by atoms with E-state index in [1.807, 2.05) is 0 Å². The van der Waals surface area contributed by atoms with Crippen LogP contribution in [0.5, 0.6) is 5.88 Å². The van der Waals surface area contributed by atoms with Crippen LogP contribution in [0.4, 0.5) is 5.82 Å².